The van der Waals surface area contributed by atoms with Crippen LogP contribution in [0.5, 0.6) is 0 Å². The van der Waals surface area contributed by atoms with E-state index in [2.05, 4.69) is 10.6 Å². The van der Waals surface area contributed by atoms with Crippen LogP contribution in [0.4, 0.5) is 0 Å². The number of ether oxygens (including phenoxy) is 1. The van der Waals surface area contributed by atoms with Gasteiger partial charge in [-0.15, -0.1) is 0 Å². The lowest BCUT2D eigenvalue weighted by Crippen LogP contribution is -2.59. The molecule has 1 aliphatic heterocycles. The molecule has 1 aromatic rings. The van der Waals surface area contributed by atoms with Gasteiger partial charge < -0.3 is 20.3 Å². The minimum atomic E-state index is -1.81. The van der Waals surface area contributed by atoms with Crippen molar-refractivity contribution in [2.24, 2.45) is 0 Å². The molecule has 1 atom stereocenters. The van der Waals surface area contributed by atoms with Gasteiger partial charge in [-0.1, -0.05) is 58.5 Å². The number of alkyl halides is 3. The van der Waals surface area contributed by atoms with Crippen LogP contribution in [0.2, 0.25) is 5.02 Å². The molecule has 0 aromatic heterocycles. The fourth-order valence-corrected chi connectivity index (χ4v) is 2.88. The number of rotatable bonds is 3. The van der Waals surface area contributed by atoms with Crippen molar-refractivity contribution in [1.29, 1.82) is 0 Å². The Morgan fingerprint density at radius 1 is 1.21 bits per heavy atom. The summed E-state index contributed by atoms with van der Waals surface area (Å²) in [4.78, 5) is 14.3. The Labute approximate surface area is 165 Å². The van der Waals surface area contributed by atoms with Crippen LogP contribution in [0.25, 0.3) is 0 Å². The van der Waals surface area contributed by atoms with Gasteiger partial charge in [-0.25, -0.2) is 0 Å². The number of hydrogen-bond donors (Lipinski definition) is 2. The van der Waals surface area contributed by atoms with Gasteiger partial charge in [-0.05, 0) is 24.4 Å². The zero-order valence-corrected chi connectivity index (χ0v) is 16.2. The quantitative estimate of drug-likeness (QED) is 0.438. The minimum absolute atomic E-state index is 0.275. The average molecular weight is 431 g/mol. The predicted octanol–water partition coefficient (Wildman–Crippen LogP) is 2.97. The average Bonchev–Trinajstić information content (AvgIpc) is 2.54. The van der Waals surface area contributed by atoms with E-state index in [9.17, 15) is 4.79 Å². The molecular formula is C14H15Cl4N3O2S. The molecule has 0 bridgehead atoms. The third kappa shape index (κ3) is 5.51. The molecule has 1 amide bonds. The van der Waals surface area contributed by atoms with Gasteiger partial charge in [0.2, 0.25) is 3.79 Å². The van der Waals surface area contributed by atoms with Gasteiger partial charge in [0.25, 0.3) is 5.91 Å². The number of carbonyl (C=O) groups excluding carboxylic acids is 1. The largest absolute Gasteiger partial charge is 0.378 e. The van der Waals surface area contributed by atoms with Crippen molar-refractivity contribution in [3.8, 4) is 0 Å². The van der Waals surface area contributed by atoms with Gasteiger partial charge in [0.15, 0.2) is 5.11 Å². The third-order valence-electron chi connectivity index (χ3n) is 3.29. The number of amides is 1. The lowest BCUT2D eigenvalue weighted by atomic mass is 10.2. The first kappa shape index (κ1) is 19.8. The van der Waals surface area contributed by atoms with Crippen LogP contribution in [-0.4, -0.2) is 52.2 Å². The topological polar surface area (TPSA) is 53.6 Å². The van der Waals surface area contributed by atoms with Crippen molar-refractivity contribution < 1.29 is 9.53 Å². The van der Waals surface area contributed by atoms with E-state index in [0.29, 0.717) is 36.4 Å². The Morgan fingerprint density at radius 2 is 1.83 bits per heavy atom. The van der Waals surface area contributed by atoms with Crippen LogP contribution in [0, 0.1) is 0 Å². The number of morpholine rings is 1. The molecule has 24 heavy (non-hydrogen) atoms. The number of hydrogen-bond acceptors (Lipinski definition) is 3. The van der Waals surface area contributed by atoms with Gasteiger partial charge in [-0.3, -0.25) is 4.79 Å². The molecule has 1 saturated heterocycles. The molecule has 1 heterocycles. The standard InChI is InChI=1S/C14H15Cl4N3O2S/c15-10-4-2-1-3-9(10)11(22)19-12(14(16,17)18)20-13(24)21-5-7-23-8-6-21/h1-4,12H,5-8H2,(H,19,22)(H,20,24)/t12-/m1/s1. The molecule has 5 nitrogen and oxygen atoms in total. The summed E-state index contributed by atoms with van der Waals surface area (Å²) in [6, 6.07) is 6.59. The molecule has 2 rings (SSSR count). The second kappa shape index (κ2) is 8.74. The van der Waals surface area contributed by atoms with Crippen LogP contribution in [0.3, 0.4) is 0 Å². The molecule has 132 valence electrons. The summed E-state index contributed by atoms with van der Waals surface area (Å²) < 4.78 is 3.45. The first-order valence-corrected chi connectivity index (χ1v) is 8.96. The summed E-state index contributed by atoms with van der Waals surface area (Å²) in [6.07, 6.45) is -1.03. The van der Waals surface area contributed by atoms with E-state index in [1.807, 2.05) is 4.90 Å². The Bertz CT molecular complexity index is 606. The van der Waals surface area contributed by atoms with E-state index in [1.165, 1.54) is 0 Å². The van der Waals surface area contributed by atoms with E-state index in [1.54, 1.807) is 24.3 Å². The highest BCUT2D eigenvalue weighted by Gasteiger charge is 2.36. The van der Waals surface area contributed by atoms with E-state index in [0.717, 1.165) is 0 Å². The Hall–Kier alpha value is -0.500. The van der Waals surface area contributed by atoms with Crippen molar-refractivity contribution in [3.63, 3.8) is 0 Å². The maximum absolute atomic E-state index is 12.4. The van der Waals surface area contributed by atoms with Gasteiger partial charge in [0.05, 0.1) is 23.8 Å². The zero-order chi connectivity index (χ0) is 17.7. The molecule has 0 unspecified atom stereocenters. The monoisotopic (exact) mass is 429 g/mol. The molecule has 1 aromatic carbocycles. The summed E-state index contributed by atoms with van der Waals surface area (Å²) in [5, 5.41) is 6.16. The molecular weight excluding hydrogens is 416 g/mol. The van der Waals surface area contributed by atoms with Gasteiger partial charge >= 0.3 is 0 Å². The van der Waals surface area contributed by atoms with Crippen LogP contribution >= 0.6 is 58.6 Å². The highest BCUT2D eigenvalue weighted by atomic mass is 35.6. The van der Waals surface area contributed by atoms with E-state index in [-0.39, 0.29) is 5.56 Å². The lowest BCUT2D eigenvalue weighted by Gasteiger charge is -2.34. The lowest BCUT2D eigenvalue weighted by molar-refractivity contribution is 0.0671. The van der Waals surface area contributed by atoms with Crippen LogP contribution < -0.4 is 10.6 Å². The third-order valence-corrected chi connectivity index (χ3v) is 4.65. The summed E-state index contributed by atoms with van der Waals surface area (Å²) in [5.41, 5.74) is 0.275. The highest BCUT2D eigenvalue weighted by Crippen LogP contribution is 2.29. The Morgan fingerprint density at radius 3 is 2.42 bits per heavy atom. The van der Waals surface area contributed by atoms with Crippen molar-refractivity contribution >= 4 is 69.6 Å². The molecule has 0 spiro atoms. The summed E-state index contributed by atoms with van der Waals surface area (Å²) in [7, 11) is 0. The van der Waals surface area contributed by atoms with Crippen LogP contribution in [-0.2, 0) is 4.74 Å². The molecule has 0 aliphatic carbocycles. The number of halogens is 4. The normalized spacial score (nSPS) is 16.4. The number of nitrogens with one attached hydrogen (secondary N) is 2. The molecule has 2 N–H and O–H groups in total. The van der Waals surface area contributed by atoms with E-state index < -0.39 is 15.9 Å². The predicted molar refractivity (Wildman–Crippen MR) is 101 cm³/mol. The number of carbonyl (C=O) groups is 1. The van der Waals surface area contributed by atoms with Gasteiger partial charge in [-0.2, -0.15) is 0 Å². The summed E-state index contributed by atoms with van der Waals surface area (Å²) in [5.74, 6) is -0.478. The number of thiocarbonyl (C=S) groups is 1. The van der Waals surface area contributed by atoms with E-state index >= 15 is 0 Å². The molecule has 1 aliphatic rings. The first-order chi connectivity index (χ1) is 11.3. The van der Waals surface area contributed by atoms with Gasteiger partial charge in [0.1, 0.15) is 6.17 Å². The van der Waals surface area contributed by atoms with E-state index in [4.69, 9.17) is 63.4 Å². The second-order valence-electron chi connectivity index (χ2n) is 4.98. The summed E-state index contributed by atoms with van der Waals surface area (Å²) in [6.45, 7) is 2.37. The SMILES string of the molecule is O=C(N[C@H](NC(=S)N1CCOCC1)C(Cl)(Cl)Cl)c1ccccc1Cl. The number of nitrogens with zero attached hydrogens (tertiary/aromatic N) is 1. The Balaban J connectivity index is 2.07. The van der Waals surface area contributed by atoms with Crippen molar-refractivity contribution in [2.45, 2.75) is 9.96 Å². The van der Waals surface area contributed by atoms with Gasteiger partial charge in [0, 0.05) is 13.1 Å². The fourth-order valence-electron chi connectivity index (χ4n) is 2.04. The van der Waals surface area contributed by atoms with Crippen molar-refractivity contribution in [3.05, 3.63) is 34.9 Å². The maximum atomic E-state index is 12.4. The minimum Gasteiger partial charge on any atom is -0.378 e. The summed E-state index contributed by atoms with van der Waals surface area (Å²) >= 11 is 29.3. The molecule has 0 saturated carbocycles. The van der Waals surface area contributed by atoms with Crippen molar-refractivity contribution in [2.75, 3.05) is 26.3 Å². The Kier molecular flexibility index (Phi) is 7.22. The second-order valence-corrected chi connectivity index (χ2v) is 8.14. The van der Waals surface area contributed by atoms with Crippen molar-refractivity contribution in [1.82, 2.24) is 15.5 Å². The highest BCUT2D eigenvalue weighted by molar-refractivity contribution is 7.80. The first-order valence-electron chi connectivity index (χ1n) is 7.04. The number of benzene rings is 1. The molecule has 10 heteroatoms. The molecule has 1 fully saturated rings. The molecule has 0 radical (unpaired) electrons. The fraction of sp³-hybridized carbons (Fsp3) is 0.429. The van der Waals surface area contributed by atoms with Crippen LogP contribution in [0.15, 0.2) is 24.3 Å². The zero-order valence-electron chi connectivity index (χ0n) is 12.4. The smallest absolute Gasteiger partial charge is 0.254 e. The maximum Gasteiger partial charge on any atom is 0.254 e. The van der Waals surface area contributed by atoms with Crippen LogP contribution in [0.1, 0.15) is 10.4 Å².